The van der Waals surface area contributed by atoms with Gasteiger partial charge in [0.1, 0.15) is 5.82 Å². The van der Waals surface area contributed by atoms with E-state index in [2.05, 4.69) is 16.9 Å². The first-order valence-corrected chi connectivity index (χ1v) is 6.56. The van der Waals surface area contributed by atoms with Gasteiger partial charge in [0.15, 0.2) is 0 Å². The third kappa shape index (κ3) is 2.54. The summed E-state index contributed by atoms with van der Waals surface area (Å²) in [6, 6.07) is 4.32. The van der Waals surface area contributed by atoms with Crippen LogP contribution in [0.4, 0.5) is 4.39 Å². The minimum absolute atomic E-state index is 0.227. The van der Waals surface area contributed by atoms with E-state index in [0.717, 1.165) is 17.7 Å². The maximum Gasteiger partial charge on any atom is 0.252 e. The Morgan fingerprint density at radius 3 is 2.90 bits per heavy atom. The topological polar surface area (TPSA) is 42.0 Å². The molecule has 3 nitrogen and oxygen atoms in total. The number of nitrogens with zero attached hydrogens (tertiary/aromatic N) is 1. The molecule has 0 unspecified atom stereocenters. The molecule has 1 heterocycles. The molecule has 0 aliphatic rings. The zero-order chi connectivity index (χ0) is 14.7. The number of benzene rings is 1. The molecule has 0 atom stereocenters. The number of hydrogen-bond acceptors (Lipinski definition) is 2. The number of amides is 1. The molecule has 0 spiro atoms. The summed E-state index contributed by atoms with van der Waals surface area (Å²) in [6.45, 7) is 7.77. The third-order valence-electron chi connectivity index (χ3n) is 3.26. The molecule has 0 radical (unpaired) electrons. The normalized spacial score (nSPS) is 10.6. The molecular weight excluding hydrogens is 255 g/mol. The lowest BCUT2D eigenvalue weighted by Crippen LogP contribution is -2.25. The van der Waals surface area contributed by atoms with E-state index in [1.165, 1.54) is 12.1 Å². The number of halogens is 1. The van der Waals surface area contributed by atoms with E-state index in [9.17, 15) is 9.18 Å². The van der Waals surface area contributed by atoms with Crippen LogP contribution in [0, 0.1) is 12.7 Å². The van der Waals surface area contributed by atoms with Gasteiger partial charge in [0.25, 0.3) is 5.91 Å². The van der Waals surface area contributed by atoms with Crippen LogP contribution >= 0.6 is 0 Å². The quantitative estimate of drug-likeness (QED) is 0.869. The monoisotopic (exact) mass is 272 g/mol. The van der Waals surface area contributed by atoms with Gasteiger partial charge in [0.05, 0.1) is 11.1 Å². The van der Waals surface area contributed by atoms with Crippen molar-refractivity contribution in [3.8, 4) is 0 Å². The largest absolute Gasteiger partial charge is 0.349 e. The minimum atomic E-state index is -0.374. The molecule has 0 saturated heterocycles. The standard InChI is InChI=1S/C16H17FN2O/c1-4-8-18-16(20)15-10(3)13(5-2)19-14-7-6-11(17)9-12(14)15/h4,6-7,9H,1,5,8H2,2-3H3,(H,18,20). The summed E-state index contributed by atoms with van der Waals surface area (Å²) in [6.07, 6.45) is 2.33. The summed E-state index contributed by atoms with van der Waals surface area (Å²) in [7, 11) is 0. The Morgan fingerprint density at radius 2 is 2.25 bits per heavy atom. The van der Waals surface area contributed by atoms with Crippen LogP contribution in [0.2, 0.25) is 0 Å². The molecule has 0 aliphatic carbocycles. The highest BCUT2D eigenvalue weighted by molar-refractivity contribution is 6.07. The van der Waals surface area contributed by atoms with Gasteiger partial charge in [-0.3, -0.25) is 9.78 Å². The van der Waals surface area contributed by atoms with Crippen molar-refractivity contribution in [2.45, 2.75) is 20.3 Å². The first kappa shape index (κ1) is 14.2. The van der Waals surface area contributed by atoms with Crippen LogP contribution in [0.3, 0.4) is 0 Å². The molecule has 0 aliphatic heterocycles. The van der Waals surface area contributed by atoms with Crippen molar-refractivity contribution in [1.82, 2.24) is 10.3 Å². The van der Waals surface area contributed by atoms with Crippen LogP contribution in [0.1, 0.15) is 28.5 Å². The average Bonchev–Trinajstić information content (AvgIpc) is 2.44. The second-order valence-corrected chi connectivity index (χ2v) is 4.57. The lowest BCUT2D eigenvalue weighted by molar-refractivity contribution is 0.0959. The minimum Gasteiger partial charge on any atom is -0.349 e. The Labute approximate surface area is 117 Å². The summed E-state index contributed by atoms with van der Waals surface area (Å²) >= 11 is 0. The molecule has 0 saturated carbocycles. The van der Waals surface area contributed by atoms with Gasteiger partial charge in [-0.1, -0.05) is 13.0 Å². The van der Waals surface area contributed by atoms with E-state index in [4.69, 9.17) is 0 Å². The van der Waals surface area contributed by atoms with Gasteiger partial charge in [0.2, 0.25) is 0 Å². The fourth-order valence-corrected chi connectivity index (χ4v) is 2.27. The first-order chi connectivity index (χ1) is 9.58. The van der Waals surface area contributed by atoms with Gasteiger partial charge < -0.3 is 5.32 Å². The lowest BCUT2D eigenvalue weighted by Gasteiger charge is -2.13. The van der Waals surface area contributed by atoms with Gasteiger partial charge in [0, 0.05) is 17.6 Å². The number of carbonyl (C=O) groups excluding carboxylic acids is 1. The van der Waals surface area contributed by atoms with Crippen molar-refractivity contribution >= 4 is 16.8 Å². The number of aromatic nitrogens is 1. The van der Waals surface area contributed by atoms with Gasteiger partial charge >= 0.3 is 0 Å². The fraction of sp³-hybridized carbons (Fsp3) is 0.250. The Balaban J connectivity index is 2.70. The fourth-order valence-electron chi connectivity index (χ4n) is 2.27. The zero-order valence-electron chi connectivity index (χ0n) is 11.7. The maximum atomic E-state index is 13.5. The molecule has 4 heteroatoms. The number of pyridine rings is 1. The van der Waals surface area contributed by atoms with Crippen LogP contribution < -0.4 is 5.32 Å². The van der Waals surface area contributed by atoms with Crippen LogP contribution in [-0.4, -0.2) is 17.4 Å². The molecule has 1 aromatic heterocycles. The molecule has 1 aromatic carbocycles. The zero-order valence-corrected chi connectivity index (χ0v) is 11.7. The highest BCUT2D eigenvalue weighted by atomic mass is 19.1. The van der Waals surface area contributed by atoms with Crippen molar-refractivity contribution in [1.29, 1.82) is 0 Å². The Hall–Kier alpha value is -2.23. The number of aryl methyl sites for hydroxylation is 1. The predicted octanol–water partition coefficient (Wildman–Crippen LogP) is 3.16. The Morgan fingerprint density at radius 1 is 1.50 bits per heavy atom. The summed E-state index contributed by atoms with van der Waals surface area (Å²) in [5, 5.41) is 3.29. The van der Waals surface area contributed by atoms with E-state index in [1.54, 1.807) is 12.1 Å². The molecule has 0 fully saturated rings. The van der Waals surface area contributed by atoms with Crippen molar-refractivity contribution in [2.75, 3.05) is 6.54 Å². The van der Waals surface area contributed by atoms with Crippen molar-refractivity contribution in [3.63, 3.8) is 0 Å². The highest BCUT2D eigenvalue weighted by Crippen LogP contribution is 2.24. The van der Waals surface area contributed by atoms with Gasteiger partial charge in [-0.25, -0.2) is 4.39 Å². The van der Waals surface area contributed by atoms with Crippen LogP contribution in [0.25, 0.3) is 10.9 Å². The van der Waals surface area contributed by atoms with E-state index < -0.39 is 0 Å². The van der Waals surface area contributed by atoms with E-state index in [0.29, 0.717) is 23.0 Å². The van der Waals surface area contributed by atoms with E-state index in [1.807, 2.05) is 13.8 Å². The third-order valence-corrected chi connectivity index (χ3v) is 3.26. The number of rotatable bonds is 4. The van der Waals surface area contributed by atoms with Crippen LogP contribution in [-0.2, 0) is 6.42 Å². The van der Waals surface area contributed by atoms with Gasteiger partial charge in [-0.2, -0.15) is 0 Å². The second-order valence-electron chi connectivity index (χ2n) is 4.57. The molecule has 104 valence electrons. The SMILES string of the molecule is C=CCNC(=O)c1c(C)c(CC)nc2ccc(F)cc12. The molecule has 2 aromatic rings. The molecule has 1 amide bonds. The van der Waals surface area contributed by atoms with E-state index in [-0.39, 0.29) is 11.7 Å². The summed E-state index contributed by atoms with van der Waals surface area (Å²) in [4.78, 5) is 16.8. The summed E-state index contributed by atoms with van der Waals surface area (Å²) in [5.74, 6) is -0.601. The number of hydrogen-bond donors (Lipinski definition) is 1. The molecule has 2 rings (SSSR count). The Kier molecular flexibility index (Phi) is 4.13. The first-order valence-electron chi connectivity index (χ1n) is 6.56. The second kappa shape index (κ2) is 5.82. The highest BCUT2D eigenvalue weighted by Gasteiger charge is 2.17. The summed E-state index contributed by atoms with van der Waals surface area (Å²) in [5.41, 5.74) is 2.78. The van der Waals surface area contributed by atoms with E-state index >= 15 is 0 Å². The lowest BCUT2D eigenvalue weighted by atomic mass is 9.99. The Bertz CT molecular complexity index is 680. The van der Waals surface area contributed by atoms with Crippen LogP contribution in [0.5, 0.6) is 0 Å². The number of carbonyl (C=O) groups is 1. The van der Waals surface area contributed by atoms with Crippen molar-refractivity contribution in [3.05, 3.63) is 53.5 Å². The molecule has 0 bridgehead atoms. The summed E-state index contributed by atoms with van der Waals surface area (Å²) < 4.78 is 13.5. The van der Waals surface area contributed by atoms with Crippen molar-refractivity contribution in [2.24, 2.45) is 0 Å². The van der Waals surface area contributed by atoms with Gasteiger partial charge in [-0.15, -0.1) is 6.58 Å². The smallest absolute Gasteiger partial charge is 0.252 e. The molecule has 20 heavy (non-hydrogen) atoms. The van der Waals surface area contributed by atoms with Crippen LogP contribution in [0.15, 0.2) is 30.9 Å². The average molecular weight is 272 g/mol. The molecule has 1 N–H and O–H groups in total. The predicted molar refractivity (Wildman–Crippen MR) is 78.3 cm³/mol. The maximum absolute atomic E-state index is 13.5. The van der Waals surface area contributed by atoms with Gasteiger partial charge in [-0.05, 0) is 37.1 Å². The molecular formula is C16H17FN2O. The number of fused-ring (bicyclic) bond motifs is 1. The number of nitrogens with one attached hydrogen (secondary N) is 1. The van der Waals surface area contributed by atoms with Crippen molar-refractivity contribution < 1.29 is 9.18 Å².